The molecule has 0 spiro atoms. The molecule has 0 aliphatic rings. The van der Waals surface area contributed by atoms with E-state index < -0.39 is 0 Å². The van der Waals surface area contributed by atoms with E-state index >= 15 is 0 Å². The van der Waals surface area contributed by atoms with Crippen molar-refractivity contribution in [3.8, 4) is 0 Å². The van der Waals surface area contributed by atoms with E-state index in [2.05, 4.69) is 15.3 Å². The van der Waals surface area contributed by atoms with Crippen LogP contribution in [0.3, 0.4) is 0 Å². The minimum atomic E-state index is -0.184. The van der Waals surface area contributed by atoms with E-state index in [0.717, 1.165) is 17.0 Å². The number of furan rings is 1. The van der Waals surface area contributed by atoms with Crippen LogP contribution in [-0.2, 0) is 13.1 Å². The number of carbonyl (C=O) groups excluding carboxylic acids is 1. The lowest BCUT2D eigenvalue weighted by Gasteiger charge is -2.23. The first-order valence-electron chi connectivity index (χ1n) is 9.72. The summed E-state index contributed by atoms with van der Waals surface area (Å²) in [6, 6.07) is 24.9. The van der Waals surface area contributed by atoms with Gasteiger partial charge < -0.3 is 14.6 Å². The van der Waals surface area contributed by atoms with Crippen LogP contribution in [0.2, 0.25) is 0 Å². The Labute approximate surface area is 175 Å². The van der Waals surface area contributed by atoms with Gasteiger partial charge in [-0.15, -0.1) is 0 Å². The van der Waals surface area contributed by atoms with Gasteiger partial charge in [-0.05, 0) is 42.8 Å². The Morgan fingerprint density at radius 2 is 1.70 bits per heavy atom. The number of para-hydroxylation sites is 1. The van der Waals surface area contributed by atoms with Gasteiger partial charge in [-0.3, -0.25) is 4.79 Å². The first kappa shape index (κ1) is 19.4. The third-order valence-corrected chi connectivity index (χ3v) is 4.57. The fourth-order valence-electron chi connectivity index (χ4n) is 3.13. The van der Waals surface area contributed by atoms with Crippen LogP contribution < -0.4 is 10.2 Å². The van der Waals surface area contributed by atoms with Crippen molar-refractivity contribution in [2.75, 3.05) is 10.2 Å². The first-order chi connectivity index (χ1) is 14.7. The molecule has 1 N–H and O–H groups in total. The molecule has 2 aromatic carbocycles. The molecule has 6 heteroatoms. The van der Waals surface area contributed by atoms with Crippen LogP contribution in [0.5, 0.6) is 0 Å². The van der Waals surface area contributed by atoms with Gasteiger partial charge in [0, 0.05) is 11.4 Å². The number of carbonyl (C=O) groups is 1. The Kier molecular flexibility index (Phi) is 5.85. The van der Waals surface area contributed by atoms with Crippen LogP contribution in [0.15, 0.2) is 89.5 Å². The van der Waals surface area contributed by atoms with E-state index in [1.807, 2.05) is 79.7 Å². The number of aromatic nitrogens is 2. The zero-order valence-electron chi connectivity index (χ0n) is 16.7. The highest BCUT2D eigenvalue weighted by atomic mass is 16.3. The highest BCUT2D eigenvalue weighted by Crippen LogP contribution is 2.20. The maximum atomic E-state index is 13.5. The van der Waals surface area contributed by atoms with Crippen LogP contribution >= 0.6 is 0 Å². The molecule has 2 aromatic heterocycles. The van der Waals surface area contributed by atoms with Crippen molar-refractivity contribution in [3.05, 3.63) is 108 Å². The van der Waals surface area contributed by atoms with E-state index in [9.17, 15) is 4.79 Å². The fourth-order valence-corrected chi connectivity index (χ4v) is 3.13. The maximum Gasteiger partial charge on any atom is 0.277 e. The highest BCUT2D eigenvalue weighted by Gasteiger charge is 2.20. The molecule has 0 radical (unpaired) electrons. The molecular formula is C24H22N4O2. The van der Waals surface area contributed by atoms with Crippen molar-refractivity contribution in [2.45, 2.75) is 20.0 Å². The summed E-state index contributed by atoms with van der Waals surface area (Å²) in [5, 5.41) is 3.12. The molecule has 0 bridgehead atoms. The predicted octanol–water partition coefficient (Wildman–Crippen LogP) is 4.84. The molecule has 4 rings (SSSR count). The molecule has 150 valence electrons. The van der Waals surface area contributed by atoms with Crippen LogP contribution in [0.4, 0.5) is 11.6 Å². The van der Waals surface area contributed by atoms with E-state index in [4.69, 9.17) is 4.42 Å². The monoisotopic (exact) mass is 398 g/mol. The number of rotatable bonds is 7. The maximum absolute atomic E-state index is 13.5. The Balaban J connectivity index is 1.62. The number of amides is 1. The number of benzene rings is 2. The van der Waals surface area contributed by atoms with Gasteiger partial charge in [-0.25, -0.2) is 9.97 Å². The Hall–Kier alpha value is -3.93. The van der Waals surface area contributed by atoms with E-state index in [0.29, 0.717) is 30.4 Å². The normalized spacial score (nSPS) is 10.6. The van der Waals surface area contributed by atoms with Crippen molar-refractivity contribution in [3.63, 3.8) is 0 Å². The molecule has 6 nitrogen and oxygen atoms in total. The standard InChI is InChI=1S/C24H22N4O2/c1-18-15-22(27-24(26-18)25-16-21-13-8-14-30-21)23(29)28(20-11-6-3-7-12-20)17-19-9-4-2-5-10-19/h2-15H,16-17H2,1H3,(H,25,26,27). The van der Waals surface area contributed by atoms with E-state index in [-0.39, 0.29) is 5.91 Å². The Morgan fingerprint density at radius 1 is 0.967 bits per heavy atom. The van der Waals surface area contributed by atoms with Gasteiger partial charge in [-0.2, -0.15) is 0 Å². The fraction of sp³-hybridized carbons (Fsp3) is 0.125. The van der Waals surface area contributed by atoms with Gasteiger partial charge in [-0.1, -0.05) is 48.5 Å². The summed E-state index contributed by atoms with van der Waals surface area (Å²) in [4.78, 5) is 24.1. The molecular weight excluding hydrogens is 376 g/mol. The molecule has 0 saturated heterocycles. The number of hydrogen-bond acceptors (Lipinski definition) is 5. The van der Waals surface area contributed by atoms with Gasteiger partial charge in [0.25, 0.3) is 5.91 Å². The topological polar surface area (TPSA) is 71.3 Å². The Morgan fingerprint density at radius 3 is 2.40 bits per heavy atom. The zero-order chi connectivity index (χ0) is 20.8. The van der Waals surface area contributed by atoms with Crippen LogP contribution in [0.25, 0.3) is 0 Å². The SMILES string of the molecule is Cc1cc(C(=O)N(Cc2ccccc2)c2ccccc2)nc(NCc2ccco2)n1. The van der Waals surface area contributed by atoms with Crippen LogP contribution in [0.1, 0.15) is 27.5 Å². The quantitative estimate of drug-likeness (QED) is 0.482. The minimum Gasteiger partial charge on any atom is -0.467 e. The molecule has 0 aliphatic carbocycles. The van der Waals surface area contributed by atoms with Crippen LogP contribution in [-0.4, -0.2) is 15.9 Å². The molecule has 0 saturated carbocycles. The first-order valence-corrected chi connectivity index (χ1v) is 9.72. The molecule has 0 atom stereocenters. The second kappa shape index (κ2) is 9.05. The van der Waals surface area contributed by atoms with E-state index in [1.54, 1.807) is 17.2 Å². The Bertz CT molecular complexity index is 1100. The molecule has 0 unspecified atom stereocenters. The lowest BCUT2D eigenvalue weighted by Crippen LogP contribution is -2.31. The van der Waals surface area contributed by atoms with Crippen molar-refractivity contribution >= 4 is 17.5 Å². The summed E-state index contributed by atoms with van der Waals surface area (Å²) in [6.45, 7) is 2.74. The van der Waals surface area contributed by atoms with E-state index in [1.165, 1.54) is 0 Å². The lowest BCUT2D eigenvalue weighted by molar-refractivity contribution is 0.0980. The van der Waals surface area contributed by atoms with Gasteiger partial charge >= 0.3 is 0 Å². The predicted molar refractivity (Wildman–Crippen MR) is 116 cm³/mol. The number of nitrogens with zero attached hydrogens (tertiary/aromatic N) is 3. The van der Waals surface area contributed by atoms with Crippen molar-refractivity contribution in [1.29, 1.82) is 0 Å². The third kappa shape index (κ3) is 4.72. The summed E-state index contributed by atoms with van der Waals surface area (Å²) < 4.78 is 5.33. The van der Waals surface area contributed by atoms with Gasteiger partial charge in [0.05, 0.1) is 19.4 Å². The average molecular weight is 398 g/mol. The van der Waals surface area contributed by atoms with Gasteiger partial charge in [0.2, 0.25) is 5.95 Å². The lowest BCUT2D eigenvalue weighted by atomic mass is 10.1. The van der Waals surface area contributed by atoms with Crippen molar-refractivity contribution < 1.29 is 9.21 Å². The number of anilines is 2. The minimum absolute atomic E-state index is 0.184. The van der Waals surface area contributed by atoms with Crippen LogP contribution in [0, 0.1) is 6.92 Å². The van der Waals surface area contributed by atoms with Crippen molar-refractivity contribution in [1.82, 2.24) is 9.97 Å². The second-order valence-corrected chi connectivity index (χ2v) is 6.86. The molecule has 4 aromatic rings. The number of hydrogen-bond donors (Lipinski definition) is 1. The summed E-state index contributed by atoms with van der Waals surface area (Å²) in [7, 11) is 0. The van der Waals surface area contributed by atoms with Crippen molar-refractivity contribution in [2.24, 2.45) is 0 Å². The molecule has 2 heterocycles. The average Bonchev–Trinajstić information content (AvgIpc) is 3.30. The number of nitrogens with one attached hydrogen (secondary N) is 1. The summed E-state index contributed by atoms with van der Waals surface area (Å²) in [5.41, 5.74) is 2.90. The highest BCUT2D eigenvalue weighted by molar-refractivity contribution is 6.04. The molecule has 0 fully saturated rings. The zero-order valence-corrected chi connectivity index (χ0v) is 16.7. The summed E-state index contributed by atoms with van der Waals surface area (Å²) >= 11 is 0. The second-order valence-electron chi connectivity index (χ2n) is 6.86. The smallest absolute Gasteiger partial charge is 0.277 e. The summed E-state index contributed by atoms with van der Waals surface area (Å²) in [6.07, 6.45) is 1.62. The molecule has 0 aliphatic heterocycles. The van der Waals surface area contributed by atoms with Gasteiger partial charge in [0.1, 0.15) is 11.5 Å². The number of aryl methyl sites for hydroxylation is 1. The molecule has 1 amide bonds. The third-order valence-electron chi connectivity index (χ3n) is 4.57. The molecule has 30 heavy (non-hydrogen) atoms. The largest absolute Gasteiger partial charge is 0.467 e. The van der Waals surface area contributed by atoms with Gasteiger partial charge in [0.15, 0.2) is 0 Å². The summed E-state index contributed by atoms with van der Waals surface area (Å²) in [5.74, 6) is 0.974.